The van der Waals surface area contributed by atoms with Gasteiger partial charge in [-0.05, 0) is 6.07 Å². The lowest BCUT2D eigenvalue weighted by Crippen LogP contribution is -2.41. The second-order valence-corrected chi connectivity index (χ2v) is 5.01. The molecule has 2 heterocycles. The van der Waals surface area contributed by atoms with Crippen LogP contribution in [0, 0.1) is 0 Å². The van der Waals surface area contributed by atoms with E-state index >= 15 is 0 Å². The molecule has 0 spiro atoms. The zero-order chi connectivity index (χ0) is 14.9. The van der Waals surface area contributed by atoms with E-state index in [1.807, 2.05) is 0 Å². The molecule has 0 aliphatic carbocycles. The van der Waals surface area contributed by atoms with E-state index < -0.39 is 24.8 Å². The van der Waals surface area contributed by atoms with Crippen molar-refractivity contribution in [3.63, 3.8) is 0 Å². The first-order valence-corrected chi connectivity index (χ1v) is 6.20. The summed E-state index contributed by atoms with van der Waals surface area (Å²) in [6.45, 7) is -1.45. The minimum absolute atomic E-state index is 0.00179. The van der Waals surface area contributed by atoms with E-state index in [0.717, 1.165) is 11.3 Å². The number of nitrogens with two attached hydrogens (primary N) is 1. The van der Waals surface area contributed by atoms with E-state index in [4.69, 9.17) is 5.73 Å². The normalized spacial score (nSPS) is 12.1. The minimum atomic E-state index is -4.28. The van der Waals surface area contributed by atoms with Gasteiger partial charge >= 0.3 is 12.3 Å². The molecule has 0 fully saturated rings. The number of carbonyl (C=O) groups is 1. The maximum absolute atomic E-state index is 12.7. The molecule has 0 saturated heterocycles. The Morgan fingerprint density at radius 3 is 2.80 bits per heavy atom. The van der Waals surface area contributed by atoms with Crippen LogP contribution < -0.4 is 11.1 Å². The summed E-state index contributed by atoms with van der Waals surface area (Å²) in [6, 6.07) is 1.58. The van der Waals surface area contributed by atoms with Gasteiger partial charge in [-0.15, -0.1) is 11.3 Å². The number of halogens is 4. The third kappa shape index (κ3) is 2.67. The van der Waals surface area contributed by atoms with Gasteiger partial charge in [0, 0.05) is 17.8 Å². The van der Waals surface area contributed by atoms with E-state index in [9.17, 15) is 22.4 Å². The smallest absolute Gasteiger partial charge is 0.324 e. The topological polar surface area (TPSA) is 68.0 Å². The first-order valence-electron chi connectivity index (χ1n) is 5.39. The zero-order valence-electron chi connectivity index (χ0n) is 9.87. The van der Waals surface area contributed by atoms with Gasteiger partial charge in [-0.2, -0.15) is 8.78 Å². The summed E-state index contributed by atoms with van der Waals surface area (Å²) < 4.78 is 50.0. The molecule has 108 valence electrons. The first-order chi connectivity index (χ1) is 9.33. The Kier molecular flexibility index (Phi) is 3.80. The van der Waals surface area contributed by atoms with Gasteiger partial charge in [0.1, 0.15) is 4.88 Å². The van der Waals surface area contributed by atoms with Crippen molar-refractivity contribution >= 4 is 33.0 Å². The largest absolute Gasteiger partial charge is 0.397 e. The third-order valence-electron chi connectivity index (χ3n) is 2.54. The van der Waals surface area contributed by atoms with Crippen molar-refractivity contribution in [3.8, 4) is 0 Å². The Labute approximate surface area is 114 Å². The highest BCUT2D eigenvalue weighted by atomic mass is 32.1. The maximum Gasteiger partial charge on any atom is 0.324 e. The van der Waals surface area contributed by atoms with Crippen molar-refractivity contribution in [2.75, 3.05) is 12.3 Å². The summed E-state index contributed by atoms with van der Waals surface area (Å²) in [4.78, 5) is 15.6. The average Bonchev–Trinajstić information content (AvgIpc) is 2.74. The molecule has 2 rings (SSSR count). The third-order valence-corrected chi connectivity index (χ3v) is 3.70. The predicted molar refractivity (Wildman–Crippen MR) is 67.3 cm³/mol. The van der Waals surface area contributed by atoms with E-state index in [0.29, 0.717) is 10.1 Å². The highest BCUT2D eigenvalue weighted by Gasteiger charge is 2.41. The lowest BCUT2D eigenvalue weighted by molar-refractivity contribution is -0.123. The van der Waals surface area contributed by atoms with Gasteiger partial charge in [-0.1, -0.05) is 0 Å². The molecular weight excluding hydrogens is 298 g/mol. The number of alkyl halides is 4. The van der Waals surface area contributed by atoms with E-state index in [-0.39, 0.29) is 10.6 Å². The van der Waals surface area contributed by atoms with Crippen LogP contribution in [0.4, 0.5) is 23.2 Å². The molecule has 0 bridgehead atoms. The molecule has 0 radical (unpaired) electrons. The monoisotopic (exact) mass is 307 g/mol. The standard InChI is InChI=1S/C11H9F4N3OS/c12-10(13)11(14,15)4-18-9(19)8-7(16)5-1-2-17-3-6(5)20-8/h1-3,10H,4,16H2,(H,18,19). The Morgan fingerprint density at radius 2 is 2.20 bits per heavy atom. The van der Waals surface area contributed by atoms with Crippen LogP contribution in [-0.4, -0.2) is 29.8 Å². The fourth-order valence-electron chi connectivity index (χ4n) is 1.50. The van der Waals surface area contributed by atoms with Crippen LogP contribution in [0.1, 0.15) is 9.67 Å². The number of rotatable bonds is 4. The van der Waals surface area contributed by atoms with Crippen molar-refractivity contribution < 1.29 is 22.4 Å². The number of thiophene rings is 1. The quantitative estimate of drug-likeness (QED) is 0.853. The van der Waals surface area contributed by atoms with Crippen LogP contribution in [-0.2, 0) is 0 Å². The van der Waals surface area contributed by atoms with Crippen LogP contribution in [0.3, 0.4) is 0 Å². The number of hydrogen-bond donors (Lipinski definition) is 2. The molecule has 0 unspecified atom stereocenters. The number of pyridine rings is 1. The van der Waals surface area contributed by atoms with E-state index in [1.54, 1.807) is 11.4 Å². The van der Waals surface area contributed by atoms with Crippen LogP contribution in [0.25, 0.3) is 10.1 Å². The molecule has 3 N–H and O–H groups in total. The van der Waals surface area contributed by atoms with Crippen molar-refractivity contribution in [1.82, 2.24) is 10.3 Å². The van der Waals surface area contributed by atoms with Gasteiger partial charge in [0.25, 0.3) is 5.91 Å². The second kappa shape index (κ2) is 5.23. The fraction of sp³-hybridized carbons (Fsp3) is 0.273. The van der Waals surface area contributed by atoms with E-state index in [1.165, 1.54) is 12.4 Å². The van der Waals surface area contributed by atoms with E-state index in [2.05, 4.69) is 4.98 Å². The Hall–Kier alpha value is -1.90. The number of nitrogen functional groups attached to an aromatic ring is 1. The lowest BCUT2D eigenvalue weighted by Gasteiger charge is -2.15. The van der Waals surface area contributed by atoms with Crippen LogP contribution in [0.5, 0.6) is 0 Å². The van der Waals surface area contributed by atoms with Gasteiger partial charge in [0.05, 0.1) is 16.9 Å². The minimum Gasteiger partial charge on any atom is -0.397 e. The molecule has 20 heavy (non-hydrogen) atoms. The van der Waals surface area contributed by atoms with Gasteiger partial charge < -0.3 is 11.1 Å². The summed E-state index contributed by atoms with van der Waals surface area (Å²) in [5.74, 6) is -5.19. The Balaban J connectivity index is 2.18. The van der Waals surface area contributed by atoms with Gasteiger partial charge in [0.15, 0.2) is 0 Å². The molecule has 0 aromatic carbocycles. The molecule has 2 aromatic heterocycles. The first kappa shape index (κ1) is 14.5. The van der Waals surface area contributed by atoms with Gasteiger partial charge in [-0.3, -0.25) is 9.78 Å². The number of carbonyl (C=O) groups excluding carboxylic acids is 1. The molecule has 2 aromatic rings. The summed E-state index contributed by atoms with van der Waals surface area (Å²) in [6.07, 6.45) is -0.898. The molecule has 9 heteroatoms. The second-order valence-electron chi connectivity index (χ2n) is 3.96. The number of hydrogen-bond acceptors (Lipinski definition) is 4. The molecule has 4 nitrogen and oxygen atoms in total. The van der Waals surface area contributed by atoms with Gasteiger partial charge in [-0.25, -0.2) is 8.78 Å². The SMILES string of the molecule is Nc1c(C(=O)NCC(F)(F)C(F)F)sc2cnccc12. The zero-order valence-corrected chi connectivity index (χ0v) is 10.7. The number of fused-ring (bicyclic) bond motifs is 1. The van der Waals surface area contributed by atoms with Crippen molar-refractivity contribution in [1.29, 1.82) is 0 Å². The highest BCUT2D eigenvalue weighted by Crippen LogP contribution is 2.32. The molecule has 0 atom stereocenters. The number of anilines is 1. The highest BCUT2D eigenvalue weighted by molar-refractivity contribution is 7.21. The van der Waals surface area contributed by atoms with Crippen molar-refractivity contribution in [2.45, 2.75) is 12.3 Å². The molecule has 0 aliphatic heterocycles. The maximum atomic E-state index is 12.7. The summed E-state index contributed by atoms with van der Waals surface area (Å²) in [7, 11) is 0. The van der Waals surface area contributed by atoms with Crippen LogP contribution in [0.2, 0.25) is 0 Å². The average molecular weight is 307 g/mol. The fourth-order valence-corrected chi connectivity index (χ4v) is 2.50. The predicted octanol–water partition coefficient (Wildman–Crippen LogP) is 2.51. The number of aromatic nitrogens is 1. The Morgan fingerprint density at radius 1 is 1.50 bits per heavy atom. The molecule has 0 saturated carbocycles. The number of nitrogens with zero attached hydrogens (tertiary/aromatic N) is 1. The van der Waals surface area contributed by atoms with Crippen LogP contribution >= 0.6 is 11.3 Å². The van der Waals surface area contributed by atoms with Gasteiger partial charge in [0.2, 0.25) is 0 Å². The molecular formula is C11H9F4N3OS. The summed E-state index contributed by atoms with van der Waals surface area (Å²) >= 11 is 0.959. The number of amides is 1. The van der Waals surface area contributed by atoms with Crippen LogP contribution in [0.15, 0.2) is 18.5 Å². The lowest BCUT2D eigenvalue weighted by atomic mass is 10.2. The Bertz CT molecular complexity index is 644. The summed E-state index contributed by atoms with van der Waals surface area (Å²) in [5.41, 5.74) is 5.84. The molecule has 1 amide bonds. The van der Waals surface area contributed by atoms with Crippen molar-refractivity contribution in [3.05, 3.63) is 23.3 Å². The number of nitrogens with one attached hydrogen (secondary N) is 1. The summed E-state index contributed by atoms with van der Waals surface area (Å²) in [5, 5.41) is 2.33. The van der Waals surface area contributed by atoms with Crippen molar-refractivity contribution in [2.24, 2.45) is 0 Å². The molecule has 0 aliphatic rings.